The van der Waals surface area contributed by atoms with Crippen molar-refractivity contribution in [2.24, 2.45) is 0 Å². The molecule has 2 aromatic carbocycles. The lowest BCUT2D eigenvalue weighted by atomic mass is 10.1. The Kier molecular flexibility index (Phi) is 6.22. The Balaban J connectivity index is 1.60. The van der Waals surface area contributed by atoms with E-state index >= 15 is 0 Å². The van der Waals surface area contributed by atoms with E-state index in [0.717, 1.165) is 43.9 Å². The summed E-state index contributed by atoms with van der Waals surface area (Å²) in [5, 5.41) is 19.3. The minimum absolute atomic E-state index is 0.281. The monoisotopic (exact) mass is 389 g/mol. The van der Waals surface area contributed by atoms with Gasteiger partial charge in [-0.2, -0.15) is 18.4 Å². The SMILES string of the molecule is N#Cc1ccc(N2CCCN(C[C@@H](O)c3cccc(C(F)(F)F)c3)CC2)cc1. The van der Waals surface area contributed by atoms with Crippen molar-refractivity contribution in [2.75, 3.05) is 37.6 Å². The average Bonchev–Trinajstić information content (AvgIpc) is 2.93. The normalized spacial score (nSPS) is 17.0. The molecule has 0 aromatic heterocycles. The molecule has 0 amide bonds. The lowest BCUT2D eigenvalue weighted by Crippen LogP contribution is -2.33. The maximum Gasteiger partial charge on any atom is 0.416 e. The van der Waals surface area contributed by atoms with Gasteiger partial charge in [0.15, 0.2) is 0 Å². The summed E-state index contributed by atoms with van der Waals surface area (Å²) in [5.74, 6) is 0. The summed E-state index contributed by atoms with van der Waals surface area (Å²) >= 11 is 0. The molecule has 1 atom stereocenters. The van der Waals surface area contributed by atoms with Crippen LogP contribution in [0.1, 0.15) is 29.2 Å². The van der Waals surface area contributed by atoms with Crippen molar-refractivity contribution in [2.45, 2.75) is 18.7 Å². The van der Waals surface area contributed by atoms with Gasteiger partial charge in [0, 0.05) is 38.4 Å². The van der Waals surface area contributed by atoms with Crippen LogP contribution >= 0.6 is 0 Å². The molecular weight excluding hydrogens is 367 g/mol. The van der Waals surface area contributed by atoms with Crippen molar-refractivity contribution in [3.05, 3.63) is 65.2 Å². The number of hydrogen-bond donors (Lipinski definition) is 1. The van der Waals surface area contributed by atoms with Crippen LogP contribution in [0.25, 0.3) is 0 Å². The molecule has 4 nitrogen and oxygen atoms in total. The fourth-order valence-electron chi connectivity index (χ4n) is 3.43. The van der Waals surface area contributed by atoms with E-state index < -0.39 is 17.8 Å². The van der Waals surface area contributed by atoms with Crippen molar-refractivity contribution < 1.29 is 18.3 Å². The van der Waals surface area contributed by atoms with Crippen molar-refractivity contribution in [3.63, 3.8) is 0 Å². The Morgan fingerprint density at radius 2 is 1.79 bits per heavy atom. The summed E-state index contributed by atoms with van der Waals surface area (Å²) in [7, 11) is 0. The number of β-amino-alcohol motifs (C(OH)–C–C–N with tert-alkyl or cyclic N) is 1. The highest BCUT2D eigenvalue weighted by Crippen LogP contribution is 2.31. The van der Waals surface area contributed by atoms with Crippen LogP contribution in [0.3, 0.4) is 0 Å². The number of halogens is 3. The number of aliphatic hydroxyl groups excluding tert-OH is 1. The molecule has 0 spiro atoms. The lowest BCUT2D eigenvalue weighted by molar-refractivity contribution is -0.137. The van der Waals surface area contributed by atoms with Gasteiger partial charge in [-0.25, -0.2) is 0 Å². The van der Waals surface area contributed by atoms with Gasteiger partial charge in [0.25, 0.3) is 0 Å². The minimum Gasteiger partial charge on any atom is -0.387 e. The van der Waals surface area contributed by atoms with E-state index in [4.69, 9.17) is 5.26 Å². The van der Waals surface area contributed by atoms with Crippen LogP contribution in [-0.2, 0) is 6.18 Å². The lowest BCUT2D eigenvalue weighted by Gasteiger charge is -2.25. The van der Waals surface area contributed by atoms with Gasteiger partial charge in [0.2, 0.25) is 0 Å². The molecule has 1 aliphatic heterocycles. The van der Waals surface area contributed by atoms with Crippen LogP contribution in [0.2, 0.25) is 0 Å². The first-order valence-electron chi connectivity index (χ1n) is 9.19. The number of anilines is 1. The predicted molar refractivity (Wildman–Crippen MR) is 101 cm³/mol. The highest BCUT2D eigenvalue weighted by Gasteiger charge is 2.31. The predicted octanol–water partition coefficient (Wildman–Crippen LogP) is 3.82. The second kappa shape index (κ2) is 8.63. The molecule has 28 heavy (non-hydrogen) atoms. The van der Waals surface area contributed by atoms with Gasteiger partial charge in [0.1, 0.15) is 0 Å². The van der Waals surface area contributed by atoms with Gasteiger partial charge in [0.05, 0.1) is 23.3 Å². The first kappa shape index (κ1) is 20.2. The zero-order valence-electron chi connectivity index (χ0n) is 15.4. The van der Waals surface area contributed by atoms with Crippen LogP contribution in [0.15, 0.2) is 48.5 Å². The largest absolute Gasteiger partial charge is 0.416 e. The molecule has 0 radical (unpaired) electrons. The summed E-state index contributed by atoms with van der Waals surface area (Å²) < 4.78 is 38.6. The molecule has 1 N–H and O–H groups in total. The topological polar surface area (TPSA) is 50.5 Å². The Morgan fingerprint density at radius 1 is 1.04 bits per heavy atom. The molecule has 7 heteroatoms. The third-order valence-corrected chi connectivity index (χ3v) is 4.98. The molecule has 1 fully saturated rings. The van der Waals surface area contributed by atoms with E-state index in [1.54, 1.807) is 12.1 Å². The van der Waals surface area contributed by atoms with E-state index in [0.29, 0.717) is 18.7 Å². The molecule has 1 heterocycles. The van der Waals surface area contributed by atoms with Crippen LogP contribution in [0, 0.1) is 11.3 Å². The molecule has 1 aliphatic rings. The van der Waals surface area contributed by atoms with Crippen LogP contribution in [0.5, 0.6) is 0 Å². The number of aliphatic hydroxyl groups is 1. The second-order valence-corrected chi connectivity index (χ2v) is 6.94. The number of nitriles is 1. The Labute approximate surface area is 162 Å². The van der Waals surface area contributed by atoms with E-state index in [-0.39, 0.29) is 5.56 Å². The summed E-state index contributed by atoms with van der Waals surface area (Å²) in [6.45, 7) is 3.37. The third kappa shape index (κ3) is 5.03. The van der Waals surface area contributed by atoms with E-state index in [9.17, 15) is 18.3 Å². The van der Waals surface area contributed by atoms with Crippen molar-refractivity contribution in [1.82, 2.24) is 4.90 Å². The maximum absolute atomic E-state index is 12.9. The van der Waals surface area contributed by atoms with Gasteiger partial charge in [-0.1, -0.05) is 12.1 Å². The van der Waals surface area contributed by atoms with Gasteiger partial charge >= 0.3 is 6.18 Å². The Bertz CT molecular complexity index is 830. The van der Waals surface area contributed by atoms with Crippen molar-refractivity contribution in [1.29, 1.82) is 5.26 Å². The van der Waals surface area contributed by atoms with Crippen molar-refractivity contribution >= 4 is 5.69 Å². The number of alkyl halides is 3. The molecule has 1 saturated heterocycles. The molecule has 2 aromatic rings. The second-order valence-electron chi connectivity index (χ2n) is 6.94. The van der Waals surface area contributed by atoms with Crippen LogP contribution in [0.4, 0.5) is 18.9 Å². The van der Waals surface area contributed by atoms with E-state index in [1.807, 2.05) is 12.1 Å². The summed E-state index contributed by atoms with van der Waals surface area (Å²) in [6.07, 6.45) is -4.50. The standard InChI is InChI=1S/C21H22F3N3O/c22-21(23,24)18-4-1-3-17(13-18)20(28)15-26-9-2-10-27(12-11-26)19-7-5-16(14-25)6-8-19/h1,3-8,13,20,28H,2,9-12,15H2/t20-/m1/s1. The van der Waals surface area contributed by atoms with Gasteiger partial charge in [-0.15, -0.1) is 0 Å². The fourth-order valence-corrected chi connectivity index (χ4v) is 3.43. The zero-order chi connectivity index (χ0) is 20.1. The number of rotatable bonds is 4. The number of hydrogen-bond acceptors (Lipinski definition) is 4. The van der Waals surface area contributed by atoms with Crippen molar-refractivity contribution in [3.8, 4) is 6.07 Å². The quantitative estimate of drug-likeness (QED) is 0.864. The zero-order valence-corrected chi connectivity index (χ0v) is 15.4. The van der Waals surface area contributed by atoms with Crippen LogP contribution < -0.4 is 4.90 Å². The first-order valence-corrected chi connectivity index (χ1v) is 9.19. The van der Waals surface area contributed by atoms with Gasteiger partial charge in [-0.05, 0) is 48.4 Å². The minimum atomic E-state index is -4.42. The maximum atomic E-state index is 12.9. The first-order chi connectivity index (χ1) is 13.4. The highest BCUT2D eigenvalue weighted by atomic mass is 19.4. The number of benzene rings is 2. The van der Waals surface area contributed by atoms with Crippen LogP contribution in [-0.4, -0.2) is 42.7 Å². The van der Waals surface area contributed by atoms with Gasteiger partial charge < -0.3 is 10.0 Å². The molecule has 148 valence electrons. The Morgan fingerprint density at radius 3 is 2.46 bits per heavy atom. The summed E-state index contributed by atoms with van der Waals surface area (Å²) in [5.41, 5.74) is 1.19. The number of nitrogens with zero attached hydrogens (tertiary/aromatic N) is 3. The highest BCUT2D eigenvalue weighted by molar-refractivity contribution is 5.49. The molecule has 0 unspecified atom stereocenters. The fraction of sp³-hybridized carbons (Fsp3) is 0.381. The Hall–Kier alpha value is -2.56. The smallest absolute Gasteiger partial charge is 0.387 e. The van der Waals surface area contributed by atoms with Gasteiger partial charge in [-0.3, -0.25) is 4.90 Å². The molecular formula is C21H22F3N3O. The third-order valence-electron chi connectivity index (χ3n) is 4.98. The summed E-state index contributed by atoms with van der Waals surface area (Å²) in [6, 6.07) is 14.4. The van der Waals surface area contributed by atoms with E-state index in [1.165, 1.54) is 12.1 Å². The van der Waals surface area contributed by atoms with E-state index in [2.05, 4.69) is 15.9 Å². The molecule has 0 saturated carbocycles. The summed E-state index contributed by atoms with van der Waals surface area (Å²) in [4.78, 5) is 4.30. The molecule has 0 bridgehead atoms. The molecule has 3 rings (SSSR count). The average molecular weight is 389 g/mol. The molecule has 0 aliphatic carbocycles.